The summed E-state index contributed by atoms with van der Waals surface area (Å²) in [5, 5.41) is 11.3. The number of methoxy groups -OCH3 is 1. The summed E-state index contributed by atoms with van der Waals surface area (Å²) in [6, 6.07) is 11.3. The Morgan fingerprint density at radius 2 is 2.05 bits per heavy atom. The SMILES string of the molecule is COc1ccc(F)cc1C(O)c1cc2cccc(Br)c2o1. The average Bonchev–Trinajstić information content (AvgIpc) is 2.92. The number of fused-ring (bicyclic) bond motifs is 1. The van der Waals surface area contributed by atoms with E-state index in [0.717, 1.165) is 9.86 Å². The molecule has 3 aromatic rings. The zero-order valence-electron chi connectivity index (χ0n) is 11.1. The van der Waals surface area contributed by atoms with Crippen molar-refractivity contribution in [3.8, 4) is 5.75 Å². The molecule has 0 bridgehead atoms. The van der Waals surface area contributed by atoms with Gasteiger partial charge in [-0.3, -0.25) is 0 Å². The van der Waals surface area contributed by atoms with E-state index in [4.69, 9.17) is 9.15 Å². The smallest absolute Gasteiger partial charge is 0.148 e. The number of halogens is 2. The lowest BCUT2D eigenvalue weighted by Crippen LogP contribution is -2.02. The van der Waals surface area contributed by atoms with E-state index in [9.17, 15) is 9.50 Å². The molecule has 0 amide bonds. The number of benzene rings is 2. The van der Waals surface area contributed by atoms with Crippen LogP contribution in [0, 0.1) is 5.82 Å². The highest BCUT2D eigenvalue weighted by Gasteiger charge is 2.20. The van der Waals surface area contributed by atoms with Crippen LogP contribution < -0.4 is 4.74 Å². The average molecular weight is 351 g/mol. The molecule has 0 fully saturated rings. The maximum Gasteiger partial charge on any atom is 0.148 e. The number of furan rings is 1. The molecule has 0 aliphatic rings. The topological polar surface area (TPSA) is 42.6 Å². The highest BCUT2D eigenvalue weighted by Crippen LogP contribution is 2.35. The summed E-state index contributed by atoms with van der Waals surface area (Å²) in [5.74, 6) is 0.298. The minimum absolute atomic E-state index is 0.327. The van der Waals surface area contributed by atoms with Gasteiger partial charge in [-0.2, -0.15) is 0 Å². The zero-order valence-corrected chi connectivity index (χ0v) is 12.7. The summed E-state index contributed by atoms with van der Waals surface area (Å²) in [4.78, 5) is 0. The Bertz CT molecular complexity index is 797. The van der Waals surface area contributed by atoms with Gasteiger partial charge in [0.2, 0.25) is 0 Å². The predicted octanol–water partition coefficient (Wildman–Crippen LogP) is 4.42. The van der Waals surface area contributed by atoms with E-state index in [1.165, 1.54) is 25.3 Å². The van der Waals surface area contributed by atoms with Crippen molar-refractivity contribution in [2.24, 2.45) is 0 Å². The van der Waals surface area contributed by atoms with Gasteiger partial charge in [0.25, 0.3) is 0 Å². The molecule has 0 aliphatic carbocycles. The molecule has 1 unspecified atom stereocenters. The lowest BCUT2D eigenvalue weighted by atomic mass is 10.1. The second-order valence-corrected chi connectivity index (χ2v) is 5.45. The molecule has 0 spiro atoms. The molecule has 1 aromatic heterocycles. The van der Waals surface area contributed by atoms with Crippen molar-refractivity contribution in [1.29, 1.82) is 0 Å². The molecular formula is C16H12BrFO3. The van der Waals surface area contributed by atoms with Gasteiger partial charge in [-0.15, -0.1) is 0 Å². The fourth-order valence-corrected chi connectivity index (χ4v) is 2.72. The number of para-hydroxylation sites is 1. The van der Waals surface area contributed by atoms with Crippen LogP contribution in [-0.2, 0) is 0 Å². The third kappa shape index (κ3) is 2.54. The lowest BCUT2D eigenvalue weighted by Gasteiger charge is -2.12. The fraction of sp³-hybridized carbons (Fsp3) is 0.125. The van der Waals surface area contributed by atoms with Gasteiger partial charge in [-0.1, -0.05) is 12.1 Å². The van der Waals surface area contributed by atoms with Gasteiger partial charge in [0, 0.05) is 10.9 Å². The lowest BCUT2D eigenvalue weighted by molar-refractivity contribution is 0.187. The summed E-state index contributed by atoms with van der Waals surface area (Å²) in [6.07, 6.45) is -1.10. The Morgan fingerprint density at radius 3 is 2.76 bits per heavy atom. The number of hydrogen-bond acceptors (Lipinski definition) is 3. The van der Waals surface area contributed by atoms with Crippen LogP contribution in [0.15, 0.2) is 51.4 Å². The molecule has 3 nitrogen and oxygen atoms in total. The van der Waals surface area contributed by atoms with Crippen LogP contribution in [0.5, 0.6) is 5.75 Å². The maximum absolute atomic E-state index is 13.4. The molecule has 108 valence electrons. The maximum atomic E-state index is 13.4. The van der Waals surface area contributed by atoms with Gasteiger partial charge < -0.3 is 14.3 Å². The van der Waals surface area contributed by atoms with Gasteiger partial charge >= 0.3 is 0 Å². The Hall–Kier alpha value is -1.85. The van der Waals surface area contributed by atoms with Gasteiger partial charge in [0.05, 0.1) is 11.6 Å². The molecule has 1 N–H and O–H groups in total. The van der Waals surface area contributed by atoms with Crippen molar-refractivity contribution >= 4 is 26.9 Å². The second kappa shape index (κ2) is 5.50. The molecule has 5 heteroatoms. The van der Waals surface area contributed by atoms with Gasteiger partial charge in [-0.25, -0.2) is 4.39 Å². The van der Waals surface area contributed by atoms with Crippen LogP contribution in [0.4, 0.5) is 4.39 Å². The quantitative estimate of drug-likeness (QED) is 0.759. The van der Waals surface area contributed by atoms with Crippen molar-refractivity contribution in [1.82, 2.24) is 0 Å². The molecular weight excluding hydrogens is 339 g/mol. The van der Waals surface area contributed by atoms with E-state index in [2.05, 4.69) is 15.9 Å². The van der Waals surface area contributed by atoms with Crippen LogP contribution in [0.2, 0.25) is 0 Å². The summed E-state index contributed by atoms with van der Waals surface area (Å²) in [7, 11) is 1.47. The highest BCUT2D eigenvalue weighted by molar-refractivity contribution is 9.10. The molecule has 3 rings (SSSR count). The Morgan fingerprint density at radius 1 is 1.24 bits per heavy atom. The third-order valence-corrected chi connectivity index (χ3v) is 3.90. The van der Waals surface area contributed by atoms with Crippen LogP contribution in [0.25, 0.3) is 11.0 Å². The van der Waals surface area contributed by atoms with Crippen molar-refractivity contribution in [2.45, 2.75) is 6.10 Å². The molecule has 1 heterocycles. The van der Waals surface area contributed by atoms with E-state index in [0.29, 0.717) is 22.7 Å². The van der Waals surface area contributed by atoms with Crippen LogP contribution in [-0.4, -0.2) is 12.2 Å². The van der Waals surface area contributed by atoms with Gasteiger partial charge in [-0.05, 0) is 46.3 Å². The van der Waals surface area contributed by atoms with Crippen LogP contribution in [0.1, 0.15) is 17.4 Å². The number of aliphatic hydroxyl groups is 1. The van der Waals surface area contributed by atoms with Crippen molar-refractivity contribution in [3.63, 3.8) is 0 Å². The van der Waals surface area contributed by atoms with Gasteiger partial charge in [0.1, 0.15) is 29.0 Å². The van der Waals surface area contributed by atoms with Crippen molar-refractivity contribution in [2.75, 3.05) is 7.11 Å². The van der Waals surface area contributed by atoms with E-state index < -0.39 is 11.9 Å². The third-order valence-electron chi connectivity index (χ3n) is 3.27. The van der Waals surface area contributed by atoms with E-state index in [1.54, 1.807) is 6.07 Å². The monoisotopic (exact) mass is 350 g/mol. The Balaban J connectivity index is 2.10. The Kier molecular flexibility index (Phi) is 3.69. The first-order chi connectivity index (χ1) is 10.1. The zero-order chi connectivity index (χ0) is 15.0. The molecule has 0 aliphatic heterocycles. The molecule has 1 atom stereocenters. The molecule has 21 heavy (non-hydrogen) atoms. The van der Waals surface area contributed by atoms with E-state index >= 15 is 0 Å². The Labute approximate surface area is 129 Å². The summed E-state index contributed by atoms with van der Waals surface area (Å²) in [5.41, 5.74) is 0.967. The molecule has 0 radical (unpaired) electrons. The van der Waals surface area contributed by atoms with Gasteiger partial charge in [0.15, 0.2) is 0 Å². The highest BCUT2D eigenvalue weighted by atomic mass is 79.9. The molecule has 2 aromatic carbocycles. The van der Waals surface area contributed by atoms with Crippen molar-refractivity contribution in [3.05, 3.63) is 64.1 Å². The first kappa shape index (κ1) is 14.1. The number of rotatable bonds is 3. The summed E-state index contributed by atoms with van der Waals surface area (Å²) in [6.45, 7) is 0. The first-order valence-electron chi connectivity index (χ1n) is 6.29. The van der Waals surface area contributed by atoms with Crippen LogP contribution in [0.3, 0.4) is 0 Å². The van der Waals surface area contributed by atoms with Crippen LogP contribution >= 0.6 is 15.9 Å². The fourth-order valence-electron chi connectivity index (χ4n) is 2.25. The number of aliphatic hydroxyl groups excluding tert-OH is 1. The minimum Gasteiger partial charge on any atom is -0.496 e. The standard InChI is InChI=1S/C16H12BrFO3/c1-20-13-6-5-10(18)8-11(13)15(19)14-7-9-3-2-4-12(17)16(9)21-14/h2-8,15,19H,1H3. The number of ether oxygens (including phenoxy) is 1. The number of hydrogen-bond donors (Lipinski definition) is 1. The second-order valence-electron chi connectivity index (χ2n) is 4.60. The normalized spacial score (nSPS) is 12.6. The van der Waals surface area contributed by atoms with E-state index in [-0.39, 0.29) is 0 Å². The minimum atomic E-state index is -1.10. The van der Waals surface area contributed by atoms with Crippen molar-refractivity contribution < 1.29 is 18.7 Å². The first-order valence-corrected chi connectivity index (χ1v) is 7.09. The predicted molar refractivity (Wildman–Crippen MR) is 80.9 cm³/mol. The molecule has 0 saturated heterocycles. The van der Waals surface area contributed by atoms with E-state index in [1.807, 2.05) is 18.2 Å². The summed E-state index contributed by atoms with van der Waals surface area (Å²) < 4.78 is 25.1. The largest absolute Gasteiger partial charge is 0.496 e. The summed E-state index contributed by atoms with van der Waals surface area (Å²) >= 11 is 3.40. The molecule has 0 saturated carbocycles.